The maximum absolute atomic E-state index is 12.1. The molecule has 0 saturated heterocycles. The molecule has 1 aliphatic rings. The minimum absolute atomic E-state index is 0.350. The van der Waals surface area contributed by atoms with Crippen LogP contribution >= 0.6 is 11.6 Å². The molecule has 6 heteroatoms. The van der Waals surface area contributed by atoms with E-state index in [4.69, 9.17) is 25.8 Å². The second-order valence-corrected chi connectivity index (χ2v) is 5.63. The van der Waals surface area contributed by atoms with Crippen molar-refractivity contribution in [2.45, 2.75) is 12.1 Å². The van der Waals surface area contributed by atoms with Crippen LogP contribution in [0.5, 0.6) is 5.75 Å². The first-order chi connectivity index (χ1) is 11.6. The number of hydrogen-bond donors (Lipinski definition) is 0. The summed E-state index contributed by atoms with van der Waals surface area (Å²) in [5.74, 6) is 0.513. The number of hydrogen-bond acceptors (Lipinski definition) is 5. The molecule has 0 bridgehead atoms. The van der Waals surface area contributed by atoms with E-state index < -0.39 is 18.1 Å². The Kier molecular flexibility index (Phi) is 4.71. The highest BCUT2D eigenvalue weighted by Gasteiger charge is 2.39. The minimum atomic E-state index is -0.781. The van der Waals surface area contributed by atoms with Gasteiger partial charge in [0.1, 0.15) is 5.75 Å². The zero-order valence-corrected chi connectivity index (χ0v) is 14.0. The number of methoxy groups -OCH3 is 2. The first-order valence-electron chi connectivity index (χ1n) is 7.35. The largest absolute Gasteiger partial charge is 0.496 e. The molecule has 0 N–H and O–H groups in total. The standard InChI is InChI=1S/C18H16ClNO4/c1-22-14-6-4-3-5-13(14)17-20-15(18(21)23-2)16(24-17)11-7-9-12(19)10-8-11/h3-10,15-16H,1-2H3/t15-,16+/m1/s1. The predicted molar refractivity (Wildman–Crippen MR) is 90.6 cm³/mol. The monoisotopic (exact) mass is 345 g/mol. The molecular weight excluding hydrogens is 330 g/mol. The quantitative estimate of drug-likeness (QED) is 0.797. The molecule has 2 aromatic rings. The lowest BCUT2D eigenvalue weighted by atomic mass is 10.0. The molecule has 0 amide bonds. The van der Waals surface area contributed by atoms with Crippen LogP contribution in [0.15, 0.2) is 53.5 Å². The lowest BCUT2D eigenvalue weighted by Gasteiger charge is -2.17. The van der Waals surface area contributed by atoms with Gasteiger partial charge in [-0.3, -0.25) is 0 Å². The van der Waals surface area contributed by atoms with E-state index in [1.807, 2.05) is 36.4 Å². The first-order valence-corrected chi connectivity index (χ1v) is 7.73. The summed E-state index contributed by atoms with van der Waals surface area (Å²) in [4.78, 5) is 16.6. The van der Waals surface area contributed by atoms with E-state index in [0.29, 0.717) is 22.2 Å². The first kappa shape index (κ1) is 16.3. The Morgan fingerprint density at radius 1 is 1.12 bits per heavy atom. The number of esters is 1. The minimum Gasteiger partial charge on any atom is -0.496 e. The van der Waals surface area contributed by atoms with Crippen LogP contribution in [0, 0.1) is 0 Å². The fourth-order valence-corrected chi connectivity index (χ4v) is 2.69. The van der Waals surface area contributed by atoms with Crippen molar-refractivity contribution in [3.63, 3.8) is 0 Å². The van der Waals surface area contributed by atoms with Crippen molar-refractivity contribution in [1.82, 2.24) is 0 Å². The SMILES string of the molecule is COC(=O)[C@@H]1N=C(c2ccccc2OC)O[C@H]1c1ccc(Cl)cc1. The molecule has 24 heavy (non-hydrogen) atoms. The highest BCUT2D eigenvalue weighted by atomic mass is 35.5. The molecule has 2 aromatic carbocycles. The fourth-order valence-electron chi connectivity index (χ4n) is 2.56. The van der Waals surface area contributed by atoms with Crippen LogP contribution in [0.2, 0.25) is 5.02 Å². The second kappa shape index (κ2) is 6.93. The molecule has 0 unspecified atom stereocenters. The number of rotatable bonds is 4. The molecule has 2 atom stereocenters. The van der Waals surface area contributed by atoms with Gasteiger partial charge in [0.2, 0.25) is 5.90 Å². The van der Waals surface area contributed by atoms with Crippen LogP contribution in [-0.4, -0.2) is 32.1 Å². The van der Waals surface area contributed by atoms with Crippen molar-refractivity contribution in [3.8, 4) is 5.75 Å². The van der Waals surface area contributed by atoms with Crippen LogP contribution in [-0.2, 0) is 14.3 Å². The van der Waals surface area contributed by atoms with Gasteiger partial charge in [-0.05, 0) is 29.8 Å². The number of nitrogens with zero attached hydrogens (tertiary/aromatic N) is 1. The van der Waals surface area contributed by atoms with Crippen molar-refractivity contribution in [2.75, 3.05) is 14.2 Å². The van der Waals surface area contributed by atoms with Crippen molar-refractivity contribution in [1.29, 1.82) is 0 Å². The van der Waals surface area contributed by atoms with Gasteiger partial charge in [-0.15, -0.1) is 0 Å². The summed E-state index contributed by atoms with van der Waals surface area (Å²) in [6, 6.07) is 13.7. The third-order valence-electron chi connectivity index (χ3n) is 3.76. The maximum atomic E-state index is 12.1. The topological polar surface area (TPSA) is 57.1 Å². The third kappa shape index (κ3) is 3.08. The highest BCUT2D eigenvalue weighted by Crippen LogP contribution is 2.34. The summed E-state index contributed by atoms with van der Waals surface area (Å²) < 4.78 is 16.2. The van der Waals surface area contributed by atoms with Crippen LogP contribution in [0.3, 0.4) is 0 Å². The lowest BCUT2D eigenvalue weighted by molar-refractivity contribution is -0.143. The van der Waals surface area contributed by atoms with Crippen LogP contribution in [0.25, 0.3) is 0 Å². The van der Waals surface area contributed by atoms with Crippen LogP contribution in [0.4, 0.5) is 0 Å². The molecule has 0 aliphatic carbocycles. The Balaban J connectivity index is 1.98. The van der Waals surface area contributed by atoms with Gasteiger partial charge < -0.3 is 14.2 Å². The number of para-hydroxylation sites is 1. The van der Waals surface area contributed by atoms with E-state index in [-0.39, 0.29) is 0 Å². The Morgan fingerprint density at radius 3 is 2.50 bits per heavy atom. The number of carbonyl (C=O) groups excluding carboxylic acids is 1. The molecule has 0 spiro atoms. The van der Waals surface area contributed by atoms with Crippen molar-refractivity contribution >= 4 is 23.5 Å². The maximum Gasteiger partial charge on any atom is 0.335 e. The lowest BCUT2D eigenvalue weighted by Crippen LogP contribution is -2.25. The summed E-state index contributed by atoms with van der Waals surface area (Å²) in [7, 11) is 2.90. The molecule has 0 saturated carbocycles. The molecule has 5 nitrogen and oxygen atoms in total. The Labute approximate surface area is 144 Å². The molecule has 0 radical (unpaired) electrons. The summed E-state index contributed by atoms with van der Waals surface area (Å²) in [5, 5.41) is 0.609. The fraction of sp³-hybridized carbons (Fsp3) is 0.222. The number of ether oxygens (including phenoxy) is 3. The molecule has 1 heterocycles. The van der Waals surface area contributed by atoms with Gasteiger partial charge >= 0.3 is 5.97 Å². The van der Waals surface area contributed by atoms with E-state index >= 15 is 0 Å². The summed E-state index contributed by atoms with van der Waals surface area (Å²) >= 11 is 5.93. The van der Waals surface area contributed by atoms with Gasteiger partial charge in [-0.2, -0.15) is 0 Å². The summed E-state index contributed by atoms with van der Waals surface area (Å²) in [6.45, 7) is 0. The molecule has 0 aromatic heterocycles. The van der Waals surface area contributed by atoms with Gasteiger partial charge in [0, 0.05) is 5.02 Å². The predicted octanol–water partition coefficient (Wildman–Crippen LogP) is 3.41. The van der Waals surface area contributed by atoms with E-state index in [2.05, 4.69) is 4.99 Å². The average molecular weight is 346 g/mol. The summed E-state index contributed by atoms with van der Waals surface area (Å²) in [5.41, 5.74) is 1.48. The second-order valence-electron chi connectivity index (χ2n) is 5.19. The average Bonchev–Trinajstić information content (AvgIpc) is 3.06. The van der Waals surface area contributed by atoms with Gasteiger partial charge in [0.05, 0.1) is 19.8 Å². The molecule has 124 valence electrons. The molecular formula is C18H16ClNO4. The highest BCUT2D eigenvalue weighted by molar-refractivity contribution is 6.30. The van der Waals surface area contributed by atoms with E-state index in [0.717, 1.165) is 5.56 Å². The van der Waals surface area contributed by atoms with Crippen molar-refractivity contribution < 1.29 is 19.0 Å². The van der Waals surface area contributed by atoms with E-state index in [9.17, 15) is 4.79 Å². The van der Waals surface area contributed by atoms with E-state index in [1.165, 1.54) is 7.11 Å². The van der Waals surface area contributed by atoms with Crippen molar-refractivity contribution in [2.24, 2.45) is 4.99 Å². The zero-order chi connectivity index (χ0) is 17.1. The number of benzene rings is 2. The number of aliphatic imine (C=N–C) groups is 1. The van der Waals surface area contributed by atoms with Gasteiger partial charge in [0.25, 0.3) is 0 Å². The zero-order valence-electron chi connectivity index (χ0n) is 13.2. The number of carbonyl (C=O) groups is 1. The Morgan fingerprint density at radius 2 is 1.83 bits per heavy atom. The normalized spacial score (nSPS) is 19.4. The van der Waals surface area contributed by atoms with E-state index in [1.54, 1.807) is 19.2 Å². The molecule has 3 rings (SSSR count). The van der Waals surface area contributed by atoms with Crippen LogP contribution < -0.4 is 4.74 Å². The third-order valence-corrected chi connectivity index (χ3v) is 4.01. The Bertz CT molecular complexity index is 773. The Hall–Kier alpha value is -2.53. The number of halogens is 1. The van der Waals surface area contributed by atoms with Crippen molar-refractivity contribution in [3.05, 3.63) is 64.7 Å². The smallest absolute Gasteiger partial charge is 0.335 e. The van der Waals surface area contributed by atoms with Gasteiger partial charge in [-0.25, -0.2) is 9.79 Å². The molecule has 1 aliphatic heterocycles. The van der Waals surface area contributed by atoms with Gasteiger partial charge in [-0.1, -0.05) is 35.9 Å². The van der Waals surface area contributed by atoms with Gasteiger partial charge in [0.15, 0.2) is 12.1 Å². The van der Waals surface area contributed by atoms with Crippen LogP contribution in [0.1, 0.15) is 17.2 Å². The summed E-state index contributed by atoms with van der Waals surface area (Å²) in [6.07, 6.45) is -0.574. The molecule has 0 fully saturated rings.